The second kappa shape index (κ2) is 6.85. The lowest BCUT2D eigenvalue weighted by atomic mass is 10.1. The van der Waals surface area contributed by atoms with Gasteiger partial charge in [0.2, 0.25) is 0 Å². The lowest BCUT2D eigenvalue weighted by Gasteiger charge is -2.14. The fourth-order valence-electron chi connectivity index (χ4n) is 2.10. The van der Waals surface area contributed by atoms with Crippen molar-refractivity contribution in [2.75, 3.05) is 26.7 Å². The third kappa shape index (κ3) is 3.79. The number of carbonyl (C=O) groups is 1. The van der Waals surface area contributed by atoms with Gasteiger partial charge in [0.1, 0.15) is 0 Å². The smallest absolute Gasteiger partial charge is 0.311 e. The van der Waals surface area contributed by atoms with Gasteiger partial charge in [-0.05, 0) is 25.1 Å². The van der Waals surface area contributed by atoms with Gasteiger partial charge in [0.05, 0.1) is 12.0 Å². The lowest BCUT2D eigenvalue weighted by Crippen LogP contribution is -2.29. The summed E-state index contributed by atoms with van der Waals surface area (Å²) in [5.41, 5.74) is 1.19. The molecule has 0 spiro atoms. The second-order valence-corrected chi connectivity index (χ2v) is 4.64. The van der Waals surface area contributed by atoms with Crippen molar-refractivity contribution in [3.63, 3.8) is 0 Å². The maximum Gasteiger partial charge on any atom is 0.311 e. The van der Waals surface area contributed by atoms with E-state index in [2.05, 4.69) is 10.6 Å². The van der Waals surface area contributed by atoms with Gasteiger partial charge >= 0.3 is 5.69 Å². The van der Waals surface area contributed by atoms with Gasteiger partial charge in [-0.1, -0.05) is 11.6 Å². The van der Waals surface area contributed by atoms with E-state index in [4.69, 9.17) is 4.74 Å². The number of nitro benzene ring substituents is 1. The standard InChI is InChI=1S/C14H17N3O4/c1-21-13-3-2-11(8-12(13)17(19)20)14(18)16-9-10-4-6-15-7-5-10/h2-4,8,15H,5-7,9H2,1H3,(H,16,18). The molecule has 2 rings (SSSR count). The molecular formula is C14H17N3O4. The largest absolute Gasteiger partial charge is 0.490 e. The lowest BCUT2D eigenvalue weighted by molar-refractivity contribution is -0.385. The molecule has 1 aliphatic heterocycles. The van der Waals surface area contributed by atoms with E-state index in [1.54, 1.807) is 0 Å². The zero-order chi connectivity index (χ0) is 15.2. The minimum Gasteiger partial charge on any atom is -0.490 e. The number of methoxy groups -OCH3 is 1. The monoisotopic (exact) mass is 291 g/mol. The Morgan fingerprint density at radius 1 is 1.52 bits per heavy atom. The highest BCUT2D eigenvalue weighted by Crippen LogP contribution is 2.27. The number of benzene rings is 1. The summed E-state index contributed by atoms with van der Waals surface area (Å²) in [4.78, 5) is 22.4. The quantitative estimate of drug-likeness (QED) is 0.484. The zero-order valence-corrected chi connectivity index (χ0v) is 11.7. The van der Waals surface area contributed by atoms with Crippen molar-refractivity contribution in [1.29, 1.82) is 0 Å². The summed E-state index contributed by atoms with van der Waals surface area (Å²) in [5, 5.41) is 16.9. The first-order valence-corrected chi connectivity index (χ1v) is 6.61. The van der Waals surface area contributed by atoms with Gasteiger partial charge in [-0.2, -0.15) is 0 Å². The SMILES string of the molecule is COc1ccc(C(=O)NCC2=CCNCC2)cc1[N+](=O)[O-]. The van der Waals surface area contributed by atoms with Gasteiger partial charge in [-0.3, -0.25) is 14.9 Å². The van der Waals surface area contributed by atoms with Crippen molar-refractivity contribution in [2.45, 2.75) is 6.42 Å². The molecule has 1 aliphatic rings. The molecule has 1 amide bonds. The Bertz CT molecular complexity index is 584. The fraction of sp³-hybridized carbons (Fsp3) is 0.357. The molecule has 0 saturated carbocycles. The van der Waals surface area contributed by atoms with Crippen LogP contribution in [0.4, 0.5) is 5.69 Å². The molecule has 112 valence electrons. The number of ether oxygens (including phenoxy) is 1. The topological polar surface area (TPSA) is 93.5 Å². The van der Waals surface area contributed by atoms with E-state index >= 15 is 0 Å². The van der Waals surface area contributed by atoms with Crippen molar-refractivity contribution in [2.24, 2.45) is 0 Å². The maximum atomic E-state index is 12.0. The van der Waals surface area contributed by atoms with E-state index in [1.807, 2.05) is 6.08 Å². The number of carbonyl (C=O) groups excluding carboxylic acids is 1. The van der Waals surface area contributed by atoms with E-state index in [0.29, 0.717) is 6.54 Å². The molecule has 21 heavy (non-hydrogen) atoms. The highest BCUT2D eigenvalue weighted by atomic mass is 16.6. The van der Waals surface area contributed by atoms with Crippen LogP contribution in [0.15, 0.2) is 29.8 Å². The first-order valence-electron chi connectivity index (χ1n) is 6.61. The molecule has 0 aromatic heterocycles. The summed E-state index contributed by atoms with van der Waals surface area (Å²) in [6, 6.07) is 4.17. The zero-order valence-electron chi connectivity index (χ0n) is 11.7. The van der Waals surface area contributed by atoms with Crippen LogP contribution in [-0.4, -0.2) is 37.6 Å². The average Bonchev–Trinajstić information content (AvgIpc) is 2.52. The minimum absolute atomic E-state index is 0.137. The van der Waals surface area contributed by atoms with Crippen molar-refractivity contribution >= 4 is 11.6 Å². The molecule has 2 N–H and O–H groups in total. The Labute approximate surface area is 122 Å². The molecule has 0 saturated heterocycles. The van der Waals surface area contributed by atoms with Crippen LogP contribution in [0.25, 0.3) is 0 Å². The molecule has 0 bridgehead atoms. The number of hydrogen-bond acceptors (Lipinski definition) is 5. The first kappa shape index (κ1) is 15.0. The van der Waals surface area contributed by atoms with Crippen LogP contribution in [0.2, 0.25) is 0 Å². The van der Waals surface area contributed by atoms with Crippen LogP contribution in [0.5, 0.6) is 5.75 Å². The van der Waals surface area contributed by atoms with Gasteiger partial charge in [-0.25, -0.2) is 0 Å². The molecule has 1 heterocycles. The Morgan fingerprint density at radius 2 is 2.33 bits per heavy atom. The minimum atomic E-state index is -0.565. The van der Waals surface area contributed by atoms with Crippen molar-refractivity contribution in [1.82, 2.24) is 10.6 Å². The summed E-state index contributed by atoms with van der Waals surface area (Å²) in [6.45, 7) is 2.16. The van der Waals surface area contributed by atoms with Crippen LogP contribution in [-0.2, 0) is 0 Å². The van der Waals surface area contributed by atoms with Gasteiger partial charge in [0, 0.05) is 24.7 Å². The predicted molar refractivity (Wildman–Crippen MR) is 77.6 cm³/mol. The van der Waals surface area contributed by atoms with Gasteiger partial charge < -0.3 is 15.4 Å². The molecule has 0 fully saturated rings. The molecule has 0 unspecified atom stereocenters. The Hall–Kier alpha value is -2.41. The van der Waals surface area contributed by atoms with Crippen LogP contribution >= 0.6 is 0 Å². The molecule has 7 heteroatoms. The highest BCUT2D eigenvalue weighted by molar-refractivity contribution is 5.95. The summed E-state index contributed by atoms with van der Waals surface area (Å²) >= 11 is 0. The highest BCUT2D eigenvalue weighted by Gasteiger charge is 2.18. The first-order chi connectivity index (χ1) is 10.1. The van der Waals surface area contributed by atoms with Crippen molar-refractivity contribution < 1.29 is 14.5 Å². The Kier molecular flexibility index (Phi) is 4.89. The molecular weight excluding hydrogens is 274 g/mol. The third-order valence-electron chi connectivity index (χ3n) is 3.27. The van der Waals surface area contributed by atoms with E-state index < -0.39 is 4.92 Å². The van der Waals surface area contributed by atoms with Gasteiger partial charge in [-0.15, -0.1) is 0 Å². The number of nitrogens with zero attached hydrogens (tertiary/aromatic N) is 1. The molecule has 7 nitrogen and oxygen atoms in total. The van der Waals surface area contributed by atoms with Crippen LogP contribution in [0.3, 0.4) is 0 Å². The number of nitrogens with one attached hydrogen (secondary N) is 2. The Morgan fingerprint density at radius 3 is 2.95 bits per heavy atom. The van der Waals surface area contributed by atoms with Crippen LogP contribution in [0, 0.1) is 10.1 Å². The Balaban J connectivity index is 2.06. The maximum absolute atomic E-state index is 12.0. The fourth-order valence-corrected chi connectivity index (χ4v) is 2.10. The van der Waals surface area contributed by atoms with Crippen molar-refractivity contribution in [3.05, 3.63) is 45.5 Å². The van der Waals surface area contributed by atoms with E-state index in [1.165, 1.54) is 25.3 Å². The summed E-state index contributed by atoms with van der Waals surface area (Å²) < 4.78 is 4.91. The number of hydrogen-bond donors (Lipinski definition) is 2. The average molecular weight is 291 g/mol. The third-order valence-corrected chi connectivity index (χ3v) is 3.27. The van der Waals surface area contributed by atoms with Crippen LogP contribution < -0.4 is 15.4 Å². The molecule has 0 atom stereocenters. The number of amides is 1. The molecule has 0 radical (unpaired) electrons. The molecule has 1 aromatic rings. The van der Waals surface area contributed by atoms with E-state index in [-0.39, 0.29) is 22.9 Å². The van der Waals surface area contributed by atoms with Crippen molar-refractivity contribution in [3.8, 4) is 5.75 Å². The summed E-state index contributed by atoms with van der Waals surface area (Å²) in [6.07, 6.45) is 2.93. The van der Waals surface area contributed by atoms with E-state index in [9.17, 15) is 14.9 Å². The second-order valence-electron chi connectivity index (χ2n) is 4.64. The molecule has 1 aromatic carbocycles. The number of rotatable bonds is 5. The van der Waals surface area contributed by atoms with Gasteiger partial charge in [0.15, 0.2) is 5.75 Å². The number of nitro groups is 1. The normalized spacial score (nSPS) is 14.2. The van der Waals surface area contributed by atoms with E-state index in [0.717, 1.165) is 25.1 Å². The summed E-state index contributed by atoms with van der Waals surface area (Å²) in [7, 11) is 1.35. The van der Waals surface area contributed by atoms with Crippen LogP contribution in [0.1, 0.15) is 16.8 Å². The predicted octanol–water partition coefficient (Wildman–Crippen LogP) is 1.25. The van der Waals surface area contributed by atoms with Gasteiger partial charge in [0.25, 0.3) is 5.91 Å². The molecule has 0 aliphatic carbocycles. The summed E-state index contributed by atoms with van der Waals surface area (Å²) in [5.74, 6) is -0.196.